The van der Waals surface area contributed by atoms with Crippen molar-refractivity contribution in [2.75, 3.05) is 43.1 Å². The van der Waals surface area contributed by atoms with Crippen molar-refractivity contribution < 1.29 is 27.8 Å². The maximum atomic E-state index is 13.9. The lowest BCUT2D eigenvalue weighted by Gasteiger charge is -2.31. The van der Waals surface area contributed by atoms with E-state index in [1.54, 1.807) is 24.3 Å². The summed E-state index contributed by atoms with van der Waals surface area (Å²) in [5.41, 5.74) is 1.25. The Balaban J connectivity index is 1.67. The van der Waals surface area contributed by atoms with Crippen LogP contribution in [0.2, 0.25) is 5.02 Å². The average molecular weight is 582 g/mol. The Bertz CT molecular complexity index is 1390. The number of carboxylic acid groups (broad SMARTS) is 1. The van der Waals surface area contributed by atoms with Crippen LogP contribution in [0.25, 0.3) is 0 Å². The summed E-state index contributed by atoms with van der Waals surface area (Å²) in [5, 5.41) is 9.76. The molecule has 11 nitrogen and oxygen atoms in total. The summed E-state index contributed by atoms with van der Waals surface area (Å²) in [5.74, 6) is 1.04. The van der Waals surface area contributed by atoms with Crippen molar-refractivity contribution in [3.8, 4) is 11.5 Å². The molecule has 14 heteroatoms. The van der Waals surface area contributed by atoms with Crippen LogP contribution in [0.3, 0.4) is 0 Å². The second-order valence-corrected chi connectivity index (χ2v) is 11.5. The monoisotopic (exact) mass is 581 g/mol. The van der Waals surface area contributed by atoms with Crippen LogP contribution in [0.1, 0.15) is 18.9 Å². The Morgan fingerprint density at radius 1 is 1.24 bits per heavy atom. The standard InChI is InChI=1S/C24H28ClN5O6S2/c1-4-29(17-9-10-28(14-17)24(31)32)21-8-7-19(12-20(21)25)38(33,34)30(23-26-15-27-37-23)13-16-5-6-18(35-2)11-22(16)36-3/h5-8,11-12,15,17H,4,9-10,13-14H2,1-3H3,(H,31,32)/t17-/m0/s1. The number of methoxy groups -OCH3 is 2. The zero-order chi connectivity index (χ0) is 27.4. The lowest BCUT2D eigenvalue weighted by molar-refractivity contribution is 0.155. The molecule has 2 heterocycles. The molecule has 1 fully saturated rings. The molecule has 0 radical (unpaired) electrons. The predicted molar refractivity (Wildman–Crippen MR) is 145 cm³/mol. The minimum absolute atomic E-state index is 0.0106. The van der Waals surface area contributed by atoms with Gasteiger partial charge in [0, 0.05) is 48.8 Å². The SMILES string of the molecule is CCN(c1ccc(S(=O)(=O)N(Cc2ccc(OC)cc2OC)c2ncns2)cc1Cl)[C@H]1CCN(C(=O)O)C1. The van der Waals surface area contributed by atoms with Crippen molar-refractivity contribution in [2.24, 2.45) is 0 Å². The van der Waals surface area contributed by atoms with Crippen molar-refractivity contribution in [2.45, 2.75) is 30.8 Å². The molecular weight excluding hydrogens is 554 g/mol. The summed E-state index contributed by atoms with van der Waals surface area (Å²) in [6, 6.07) is 9.66. The fraction of sp³-hybridized carbons (Fsp3) is 0.375. The normalized spacial score (nSPS) is 15.4. The van der Waals surface area contributed by atoms with E-state index in [4.69, 9.17) is 21.1 Å². The van der Waals surface area contributed by atoms with Gasteiger partial charge in [-0.15, -0.1) is 0 Å². The Hall–Kier alpha value is -3.29. The summed E-state index contributed by atoms with van der Waals surface area (Å²) in [4.78, 5) is 18.9. The van der Waals surface area contributed by atoms with Crippen LogP contribution in [0.5, 0.6) is 11.5 Å². The number of sulfonamides is 1. The lowest BCUT2D eigenvalue weighted by atomic mass is 10.2. The van der Waals surface area contributed by atoms with Crippen molar-refractivity contribution >= 4 is 50.1 Å². The van der Waals surface area contributed by atoms with Gasteiger partial charge in [0.2, 0.25) is 5.13 Å². The Labute approximate surface area is 230 Å². The molecule has 1 N–H and O–H groups in total. The van der Waals surface area contributed by atoms with Gasteiger partial charge in [0.15, 0.2) is 0 Å². The second-order valence-electron chi connectivity index (χ2n) is 8.48. The number of hydrogen-bond acceptors (Lipinski definition) is 9. The third-order valence-electron chi connectivity index (χ3n) is 6.40. The average Bonchev–Trinajstić information content (AvgIpc) is 3.61. The van der Waals surface area contributed by atoms with E-state index in [-0.39, 0.29) is 27.6 Å². The number of ether oxygens (including phenoxy) is 2. The number of aromatic nitrogens is 2. The summed E-state index contributed by atoms with van der Waals surface area (Å²) in [6.45, 7) is 3.26. The highest BCUT2D eigenvalue weighted by Crippen LogP contribution is 2.35. The number of carbonyl (C=O) groups is 1. The molecule has 0 unspecified atom stereocenters. The molecule has 1 aliphatic heterocycles. The first-order valence-electron chi connectivity index (χ1n) is 11.7. The van der Waals surface area contributed by atoms with Gasteiger partial charge in [-0.25, -0.2) is 22.5 Å². The van der Waals surface area contributed by atoms with Crippen LogP contribution in [-0.4, -0.2) is 73.8 Å². The lowest BCUT2D eigenvalue weighted by Crippen LogP contribution is -2.38. The Morgan fingerprint density at radius 2 is 2.03 bits per heavy atom. The molecule has 1 saturated heterocycles. The number of benzene rings is 2. The maximum Gasteiger partial charge on any atom is 0.407 e. The van der Waals surface area contributed by atoms with E-state index >= 15 is 0 Å². The predicted octanol–water partition coefficient (Wildman–Crippen LogP) is 4.18. The first-order valence-corrected chi connectivity index (χ1v) is 14.3. The first kappa shape index (κ1) is 27.7. The minimum Gasteiger partial charge on any atom is -0.497 e. The maximum absolute atomic E-state index is 13.9. The van der Waals surface area contributed by atoms with E-state index < -0.39 is 16.1 Å². The fourth-order valence-corrected chi connectivity index (χ4v) is 6.98. The number of anilines is 2. The molecule has 2 aromatic carbocycles. The molecule has 38 heavy (non-hydrogen) atoms. The number of likely N-dealkylation sites (N-methyl/N-ethyl adjacent to an activating group) is 1. The van der Waals surface area contributed by atoms with Crippen LogP contribution in [0.4, 0.5) is 15.6 Å². The number of likely N-dealkylation sites (tertiary alicyclic amines) is 1. The third kappa shape index (κ3) is 5.59. The van der Waals surface area contributed by atoms with E-state index in [0.29, 0.717) is 48.8 Å². The minimum atomic E-state index is -4.11. The van der Waals surface area contributed by atoms with Crippen LogP contribution in [0.15, 0.2) is 47.6 Å². The third-order valence-corrected chi connectivity index (χ3v) is 9.24. The van der Waals surface area contributed by atoms with Gasteiger partial charge in [-0.2, -0.15) is 4.37 Å². The van der Waals surface area contributed by atoms with Crippen molar-refractivity contribution in [1.82, 2.24) is 14.3 Å². The highest BCUT2D eigenvalue weighted by molar-refractivity contribution is 7.93. The number of halogens is 1. The molecule has 1 atom stereocenters. The summed E-state index contributed by atoms with van der Waals surface area (Å²) >= 11 is 7.60. The largest absolute Gasteiger partial charge is 0.497 e. The van der Waals surface area contributed by atoms with Crippen molar-refractivity contribution in [1.29, 1.82) is 0 Å². The molecule has 0 bridgehead atoms. The number of amides is 1. The van der Waals surface area contributed by atoms with Crippen molar-refractivity contribution in [3.63, 3.8) is 0 Å². The smallest absolute Gasteiger partial charge is 0.407 e. The highest BCUT2D eigenvalue weighted by Gasteiger charge is 2.32. The van der Waals surface area contributed by atoms with Gasteiger partial charge in [0.1, 0.15) is 17.8 Å². The van der Waals surface area contributed by atoms with Crippen LogP contribution >= 0.6 is 23.1 Å². The quantitative estimate of drug-likeness (QED) is 0.375. The Kier molecular flexibility index (Phi) is 8.48. The van der Waals surface area contributed by atoms with E-state index in [2.05, 4.69) is 9.36 Å². The van der Waals surface area contributed by atoms with Crippen molar-refractivity contribution in [3.05, 3.63) is 53.3 Å². The zero-order valence-corrected chi connectivity index (χ0v) is 23.5. The molecule has 0 aliphatic carbocycles. The number of rotatable bonds is 10. The molecule has 1 amide bonds. The summed E-state index contributed by atoms with van der Waals surface area (Å²) < 4.78 is 43.6. The Morgan fingerprint density at radius 3 is 2.61 bits per heavy atom. The summed E-state index contributed by atoms with van der Waals surface area (Å²) in [6.07, 6.45) is 0.997. The summed E-state index contributed by atoms with van der Waals surface area (Å²) in [7, 11) is -1.07. The molecule has 1 aliphatic rings. The molecule has 0 saturated carbocycles. The van der Waals surface area contributed by atoms with Gasteiger partial charge in [-0.3, -0.25) is 0 Å². The topological polar surface area (TPSA) is 125 Å². The van der Waals surface area contributed by atoms with Crippen LogP contribution < -0.4 is 18.7 Å². The van der Waals surface area contributed by atoms with Crippen LogP contribution in [0, 0.1) is 0 Å². The van der Waals surface area contributed by atoms with E-state index in [0.717, 1.165) is 11.5 Å². The number of nitrogens with zero attached hydrogens (tertiary/aromatic N) is 5. The van der Waals surface area contributed by atoms with E-state index in [1.807, 2.05) is 11.8 Å². The van der Waals surface area contributed by atoms with Gasteiger partial charge in [-0.1, -0.05) is 11.6 Å². The molecule has 4 rings (SSSR count). The molecule has 1 aromatic heterocycles. The van der Waals surface area contributed by atoms with Crippen LogP contribution in [-0.2, 0) is 16.6 Å². The van der Waals surface area contributed by atoms with Gasteiger partial charge < -0.3 is 24.4 Å². The first-order chi connectivity index (χ1) is 18.2. The molecule has 204 valence electrons. The van der Waals surface area contributed by atoms with E-state index in [9.17, 15) is 18.3 Å². The van der Waals surface area contributed by atoms with Gasteiger partial charge in [0.25, 0.3) is 10.0 Å². The van der Waals surface area contributed by atoms with E-state index in [1.165, 1.54) is 41.9 Å². The zero-order valence-electron chi connectivity index (χ0n) is 21.1. The molecule has 3 aromatic rings. The van der Waals surface area contributed by atoms with Gasteiger partial charge >= 0.3 is 6.09 Å². The second kappa shape index (κ2) is 11.6. The highest BCUT2D eigenvalue weighted by atomic mass is 35.5. The number of hydrogen-bond donors (Lipinski definition) is 1. The van der Waals surface area contributed by atoms with Gasteiger partial charge in [-0.05, 0) is 43.7 Å². The van der Waals surface area contributed by atoms with Gasteiger partial charge in [0.05, 0.1) is 36.4 Å². The molecular formula is C24H28ClN5O6S2. The fourth-order valence-electron chi connectivity index (χ4n) is 4.47. The molecule has 0 spiro atoms.